The molecule has 3 rings (SSSR count). The number of aromatic nitrogens is 2. The number of rotatable bonds is 5. The van der Waals surface area contributed by atoms with Crippen LogP contribution in [0.5, 0.6) is 11.5 Å². The fraction of sp³-hybridized carbons (Fsp3) is 0.500. The van der Waals surface area contributed by atoms with E-state index in [2.05, 4.69) is 4.98 Å². The normalized spacial score (nSPS) is 17.8. The van der Waals surface area contributed by atoms with Crippen LogP contribution in [0.2, 0.25) is 0 Å². The Kier molecular flexibility index (Phi) is 5.20. The van der Waals surface area contributed by atoms with Crippen molar-refractivity contribution in [3.8, 4) is 11.5 Å². The van der Waals surface area contributed by atoms with Crippen molar-refractivity contribution in [3.05, 3.63) is 42.5 Å². The maximum Gasteiger partial charge on any atom is 0.266 e. The molecule has 1 fully saturated rings. The Morgan fingerprint density at radius 1 is 1.27 bits per heavy atom. The molecule has 6 heteroatoms. The standard InChI is InChI=1S/C20H27N3O3/c1-20(2,26-17-10-6-5-9-16(17)25-4)19(24)23-12-7-8-15(14-23)18-21-11-13-22(18)3/h5-6,9-11,13,15H,7-8,12,14H2,1-4H3. The average molecular weight is 357 g/mol. The van der Waals surface area contributed by atoms with Gasteiger partial charge in [0.2, 0.25) is 0 Å². The highest BCUT2D eigenvalue weighted by atomic mass is 16.5. The predicted octanol–water partition coefficient (Wildman–Crippen LogP) is 2.99. The summed E-state index contributed by atoms with van der Waals surface area (Å²) in [5.41, 5.74) is -0.974. The molecule has 1 amide bonds. The molecule has 1 atom stereocenters. The number of aryl methyl sites for hydroxylation is 1. The number of amides is 1. The fourth-order valence-corrected chi connectivity index (χ4v) is 3.55. The van der Waals surface area contributed by atoms with E-state index >= 15 is 0 Å². The highest BCUT2D eigenvalue weighted by Crippen LogP contribution is 2.32. The van der Waals surface area contributed by atoms with E-state index in [4.69, 9.17) is 9.47 Å². The van der Waals surface area contributed by atoms with Crippen LogP contribution < -0.4 is 9.47 Å². The van der Waals surface area contributed by atoms with Crippen LogP contribution in [-0.4, -0.2) is 46.2 Å². The lowest BCUT2D eigenvalue weighted by Gasteiger charge is -2.37. The minimum absolute atomic E-state index is 0.0117. The third-order valence-corrected chi connectivity index (χ3v) is 4.88. The van der Waals surface area contributed by atoms with Gasteiger partial charge in [0, 0.05) is 38.4 Å². The molecule has 0 bridgehead atoms. The monoisotopic (exact) mass is 357 g/mol. The van der Waals surface area contributed by atoms with Crippen LogP contribution in [0.1, 0.15) is 38.4 Å². The zero-order valence-electron chi connectivity index (χ0n) is 15.9. The van der Waals surface area contributed by atoms with Gasteiger partial charge in [-0.3, -0.25) is 4.79 Å². The van der Waals surface area contributed by atoms with Crippen LogP contribution >= 0.6 is 0 Å². The molecule has 2 aromatic rings. The van der Waals surface area contributed by atoms with E-state index in [1.807, 2.05) is 67.0 Å². The van der Waals surface area contributed by atoms with E-state index in [1.54, 1.807) is 7.11 Å². The van der Waals surface area contributed by atoms with Crippen molar-refractivity contribution in [2.45, 2.75) is 38.2 Å². The Hall–Kier alpha value is -2.50. The number of benzene rings is 1. The van der Waals surface area contributed by atoms with Gasteiger partial charge in [0.05, 0.1) is 7.11 Å². The Bertz CT molecular complexity index is 769. The van der Waals surface area contributed by atoms with E-state index in [0.717, 1.165) is 25.2 Å². The van der Waals surface area contributed by atoms with Gasteiger partial charge in [-0.2, -0.15) is 0 Å². The summed E-state index contributed by atoms with van der Waals surface area (Å²) in [4.78, 5) is 19.5. The molecule has 0 saturated carbocycles. The van der Waals surface area contributed by atoms with Crippen LogP contribution in [0.15, 0.2) is 36.7 Å². The third-order valence-electron chi connectivity index (χ3n) is 4.88. The van der Waals surface area contributed by atoms with Gasteiger partial charge in [-0.1, -0.05) is 12.1 Å². The van der Waals surface area contributed by atoms with Gasteiger partial charge in [-0.15, -0.1) is 0 Å². The summed E-state index contributed by atoms with van der Waals surface area (Å²) in [6.45, 7) is 5.04. The largest absolute Gasteiger partial charge is 0.493 e. The summed E-state index contributed by atoms with van der Waals surface area (Å²) < 4.78 is 13.4. The SMILES string of the molecule is COc1ccccc1OC(C)(C)C(=O)N1CCCC(c2nccn2C)C1. The van der Waals surface area contributed by atoms with Crippen LogP contribution in [0, 0.1) is 0 Å². The molecule has 0 spiro atoms. The molecule has 6 nitrogen and oxygen atoms in total. The lowest BCUT2D eigenvalue weighted by molar-refractivity contribution is -0.146. The first-order valence-corrected chi connectivity index (χ1v) is 9.01. The molecule has 1 saturated heterocycles. The topological polar surface area (TPSA) is 56.6 Å². The van der Waals surface area contributed by atoms with Crippen molar-refractivity contribution >= 4 is 5.91 Å². The summed E-state index contributed by atoms with van der Waals surface area (Å²) >= 11 is 0. The number of methoxy groups -OCH3 is 1. The molecule has 0 N–H and O–H groups in total. The van der Waals surface area contributed by atoms with E-state index in [9.17, 15) is 4.79 Å². The van der Waals surface area contributed by atoms with Gasteiger partial charge in [0.25, 0.3) is 5.91 Å². The molecule has 1 aromatic carbocycles. The second-order valence-electron chi connectivity index (χ2n) is 7.25. The number of hydrogen-bond donors (Lipinski definition) is 0. The summed E-state index contributed by atoms with van der Waals surface area (Å²) in [5, 5.41) is 0. The second kappa shape index (κ2) is 7.40. The molecule has 1 unspecified atom stereocenters. The number of imidazole rings is 1. The van der Waals surface area contributed by atoms with Gasteiger partial charge < -0.3 is 18.9 Å². The Morgan fingerprint density at radius 3 is 2.65 bits per heavy atom. The number of carbonyl (C=O) groups is 1. The van der Waals surface area contributed by atoms with Gasteiger partial charge in [-0.05, 0) is 38.8 Å². The quantitative estimate of drug-likeness (QED) is 0.825. The molecule has 140 valence electrons. The molecule has 0 aliphatic carbocycles. The van der Waals surface area contributed by atoms with E-state index in [-0.39, 0.29) is 11.8 Å². The Balaban J connectivity index is 1.73. The van der Waals surface area contributed by atoms with Crippen molar-refractivity contribution in [2.24, 2.45) is 7.05 Å². The maximum absolute atomic E-state index is 13.2. The lowest BCUT2D eigenvalue weighted by atomic mass is 9.95. The average Bonchev–Trinajstić information content (AvgIpc) is 3.07. The molecule has 2 heterocycles. The second-order valence-corrected chi connectivity index (χ2v) is 7.25. The van der Waals surface area contributed by atoms with E-state index < -0.39 is 5.60 Å². The third kappa shape index (κ3) is 3.69. The van der Waals surface area contributed by atoms with Crippen LogP contribution in [-0.2, 0) is 11.8 Å². The Morgan fingerprint density at radius 2 is 2.00 bits per heavy atom. The predicted molar refractivity (Wildman–Crippen MR) is 99.5 cm³/mol. The molecule has 1 aliphatic heterocycles. The molecule has 1 aromatic heterocycles. The summed E-state index contributed by atoms with van der Waals surface area (Å²) in [6.07, 6.45) is 5.77. The van der Waals surface area contributed by atoms with Gasteiger partial charge in [0.15, 0.2) is 17.1 Å². The summed E-state index contributed by atoms with van der Waals surface area (Å²) in [6, 6.07) is 7.40. The van der Waals surface area contributed by atoms with Crippen molar-refractivity contribution in [3.63, 3.8) is 0 Å². The van der Waals surface area contributed by atoms with Crippen LogP contribution in [0.3, 0.4) is 0 Å². The zero-order chi connectivity index (χ0) is 18.7. The number of hydrogen-bond acceptors (Lipinski definition) is 4. The number of carbonyl (C=O) groups excluding carboxylic acids is 1. The number of ether oxygens (including phenoxy) is 2. The maximum atomic E-state index is 13.2. The number of likely N-dealkylation sites (tertiary alicyclic amines) is 1. The van der Waals surface area contributed by atoms with Crippen molar-refractivity contribution < 1.29 is 14.3 Å². The van der Waals surface area contributed by atoms with Crippen molar-refractivity contribution in [1.82, 2.24) is 14.5 Å². The van der Waals surface area contributed by atoms with Crippen molar-refractivity contribution in [1.29, 1.82) is 0 Å². The lowest BCUT2D eigenvalue weighted by Crippen LogP contribution is -2.51. The first kappa shape index (κ1) is 18.3. The summed E-state index contributed by atoms with van der Waals surface area (Å²) in [7, 11) is 3.59. The van der Waals surface area contributed by atoms with Crippen LogP contribution in [0.4, 0.5) is 0 Å². The highest BCUT2D eigenvalue weighted by Gasteiger charge is 2.37. The minimum Gasteiger partial charge on any atom is -0.493 e. The fourth-order valence-electron chi connectivity index (χ4n) is 3.55. The molecular weight excluding hydrogens is 330 g/mol. The van der Waals surface area contributed by atoms with Gasteiger partial charge in [0.1, 0.15) is 5.82 Å². The number of para-hydroxylation sites is 2. The first-order chi connectivity index (χ1) is 12.4. The first-order valence-electron chi connectivity index (χ1n) is 9.01. The zero-order valence-corrected chi connectivity index (χ0v) is 15.9. The minimum atomic E-state index is -0.974. The van der Waals surface area contributed by atoms with Gasteiger partial charge >= 0.3 is 0 Å². The molecule has 0 radical (unpaired) electrons. The Labute approximate surface area is 154 Å². The van der Waals surface area contributed by atoms with Crippen molar-refractivity contribution in [2.75, 3.05) is 20.2 Å². The van der Waals surface area contributed by atoms with Crippen LogP contribution in [0.25, 0.3) is 0 Å². The highest BCUT2D eigenvalue weighted by molar-refractivity contribution is 5.85. The smallest absolute Gasteiger partial charge is 0.266 e. The summed E-state index contributed by atoms with van der Waals surface area (Å²) in [5.74, 6) is 2.48. The van der Waals surface area contributed by atoms with Gasteiger partial charge in [-0.25, -0.2) is 4.98 Å². The molecule has 26 heavy (non-hydrogen) atoms. The number of piperidine rings is 1. The van der Waals surface area contributed by atoms with E-state index in [0.29, 0.717) is 18.0 Å². The number of nitrogens with zero attached hydrogens (tertiary/aromatic N) is 3. The van der Waals surface area contributed by atoms with E-state index in [1.165, 1.54) is 0 Å². The molecular formula is C20H27N3O3. The molecule has 1 aliphatic rings.